The quantitative estimate of drug-likeness (QED) is 0.597. The van der Waals surface area contributed by atoms with Crippen LogP contribution in [-0.2, 0) is 0 Å². The fraction of sp³-hybridized carbons (Fsp3) is 0.111. The average Bonchev–Trinajstić information content (AvgIpc) is 2.51. The Bertz CT molecular complexity index is 430. The molecule has 54 valence electrons. The molecule has 0 saturated heterocycles. The number of aliphatic hydroxyl groups excluding tert-OH is 1. The van der Waals surface area contributed by atoms with E-state index >= 15 is 0 Å². The van der Waals surface area contributed by atoms with Crippen molar-refractivity contribution in [3.8, 4) is 0 Å². The second-order valence-electron chi connectivity index (χ2n) is 2.91. The van der Waals surface area contributed by atoms with Crippen LogP contribution in [0.4, 0.5) is 0 Å². The minimum Gasteiger partial charge on any atom is -0.369 e. The summed E-state index contributed by atoms with van der Waals surface area (Å²) in [6.45, 7) is 0. The molecule has 0 aliphatic carbocycles. The fourth-order valence-corrected chi connectivity index (χ4v) is 1.70. The van der Waals surface area contributed by atoms with Gasteiger partial charge in [0, 0.05) is 11.8 Å². The van der Waals surface area contributed by atoms with Crippen molar-refractivity contribution < 1.29 is 5.11 Å². The van der Waals surface area contributed by atoms with Gasteiger partial charge < -0.3 is 9.67 Å². The lowest BCUT2D eigenvalue weighted by atomic mass is 10.2. The highest BCUT2D eigenvalue weighted by molar-refractivity contribution is 5.83. The van der Waals surface area contributed by atoms with Crippen LogP contribution in [-0.4, -0.2) is 9.67 Å². The van der Waals surface area contributed by atoms with E-state index in [-0.39, 0.29) is 0 Å². The molecule has 1 aromatic carbocycles. The van der Waals surface area contributed by atoms with Crippen molar-refractivity contribution >= 4 is 10.9 Å². The Kier molecular flexibility index (Phi) is 0.725. The van der Waals surface area contributed by atoms with Gasteiger partial charge in [-0.2, -0.15) is 0 Å². The molecule has 1 N–H and O–H groups in total. The lowest BCUT2D eigenvalue weighted by Gasteiger charge is -2.05. The van der Waals surface area contributed by atoms with Crippen molar-refractivity contribution in [2.24, 2.45) is 0 Å². The maximum atomic E-state index is 9.61. The Morgan fingerprint density at radius 2 is 2.18 bits per heavy atom. The predicted octanol–water partition coefficient (Wildman–Crippen LogP) is 1.49. The molecular weight excluding hydrogens is 138 g/mol. The Labute approximate surface area is 63.7 Å². The zero-order valence-electron chi connectivity index (χ0n) is 5.86. The second-order valence-corrected chi connectivity index (χ2v) is 2.91. The van der Waals surface area contributed by atoms with Crippen LogP contribution >= 0.6 is 0 Å². The van der Waals surface area contributed by atoms with Crippen LogP contribution in [0.1, 0.15) is 11.8 Å². The normalized spacial score (nSPS) is 20.3. The van der Waals surface area contributed by atoms with Gasteiger partial charge in [-0.25, -0.2) is 0 Å². The number of fused-ring (bicyclic) bond motifs is 1. The van der Waals surface area contributed by atoms with Crippen LogP contribution in [0, 0.1) is 0 Å². The summed E-state index contributed by atoms with van der Waals surface area (Å²) in [5, 5.41) is 10.8. The number of hydrogen-bond acceptors (Lipinski definition) is 1. The van der Waals surface area contributed by atoms with Crippen LogP contribution in [0.25, 0.3) is 10.9 Å². The predicted molar refractivity (Wildman–Crippen MR) is 42.3 cm³/mol. The fourth-order valence-electron chi connectivity index (χ4n) is 1.70. The molecule has 1 unspecified atom stereocenters. The molecule has 2 bridgehead atoms. The molecule has 0 fully saturated rings. The Balaban J connectivity index is 2.60. The topological polar surface area (TPSA) is 25.2 Å². The average molecular weight is 145 g/mol. The summed E-state index contributed by atoms with van der Waals surface area (Å²) < 4.78 is 1.88. The molecule has 3 rings (SSSR count). The first-order valence-electron chi connectivity index (χ1n) is 3.65. The van der Waals surface area contributed by atoms with Crippen LogP contribution in [0.5, 0.6) is 0 Å². The zero-order valence-corrected chi connectivity index (χ0v) is 5.86. The number of rotatable bonds is 0. The summed E-state index contributed by atoms with van der Waals surface area (Å²) in [5.74, 6) is 0. The maximum absolute atomic E-state index is 9.61. The molecule has 2 nitrogen and oxygen atoms in total. The molecule has 1 aliphatic heterocycles. The van der Waals surface area contributed by atoms with Gasteiger partial charge in [0.1, 0.15) is 0 Å². The summed E-state index contributed by atoms with van der Waals surface area (Å²) >= 11 is 0. The number of hydrogen-bond donors (Lipinski definition) is 1. The SMILES string of the molecule is OC1c2ccc3ccn1c3c2. The van der Waals surface area contributed by atoms with Gasteiger partial charge in [-0.3, -0.25) is 0 Å². The molecular formula is C9H7NO. The van der Waals surface area contributed by atoms with Gasteiger partial charge in [0.15, 0.2) is 6.23 Å². The van der Waals surface area contributed by atoms with Gasteiger partial charge >= 0.3 is 0 Å². The van der Waals surface area contributed by atoms with E-state index in [1.807, 2.05) is 35.0 Å². The Morgan fingerprint density at radius 3 is 3.09 bits per heavy atom. The van der Waals surface area contributed by atoms with Crippen molar-refractivity contribution in [1.29, 1.82) is 0 Å². The van der Waals surface area contributed by atoms with Crippen LogP contribution in [0.15, 0.2) is 30.5 Å². The lowest BCUT2D eigenvalue weighted by Crippen LogP contribution is -2.01. The highest BCUT2D eigenvalue weighted by Gasteiger charge is 2.18. The molecule has 2 heteroatoms. The van der Waals surface area contributed by atoms with E-state index in [0.29, 0.717) is 0 Å². The summed E-state index contributed by atoms with van der Waals surface area (Å²) in [4.78, 5) is 0. The van der Waals surface area contributed by atoms with Crippen molar-refractivity contribution in [2.75, 3.05) is 0 Å². The van der Waals surface area contributed by atoms with Crippen molar-refractivity contribution in [1.82, 2.24) is 4.57 Å². The highest BCUT2D eigenvalue weighted by Crippen LogP contribution is 2.31. The molecule has 0 radical (unpaired) electrons. The number of nitrogens with zero attached hydrogens (tertiary/aromatic N) is 1. The lowest BCUT2D eigenvalue weighted by molar-refractivity contribution is 0.156. The van der Waals surface area contributed by atoms with Crippen molar-refractivity contribution in [2.45, 2.75) is 6.23 Å². The van der Waals surface area contributed by atoms with E-state index in [1.165, 1.54) is 5.39 Å². The molecule has 1 atom stereocenters. The Morgan fingerprint density at radius 1 is 1.27 bits per heavy atom. The van der Waals surface area contributed by atoms with Gasteiger partial charge in [0.05, 0.1) is 5.52 Å². The minimum absolute atomic E-state index is 0.447. The van der Waals surface area contributed by atoms with E-state index in [1.54, 1.807) is 0 Å². The van der Waals surface area contributed by atoms with Crippen LogP contribution in [0.2, 0.25) is 0 Å². The third-order valence-electron chi connectivity index (χ3n) is 2.31. The molecule has 0 spiro atoms. The van der Waals surface area contributed by atoms with Crippen LogP contribution in [0.3, 0.4) is 0 Å². The number of benzene rings is 1. The van der Waals surface area contributed by atoms with E-state index in [2.05, 4.69) is 0 Å². The number of aromatic nitrogens is 1. The standard InChI is InChI=1S/C9H7NO/c11-9-7-2-1-6-3-4-10(9)8(6)5-7/h1-5,9,11H. The third-order valence-corrected chi connectivity index (χ3v) is 2.31. The maximum Gasteiger partial charge on any atom is 0.157 e. The largest absolute Gasteiger partial charge is 0.369 e. The molecule has 0 amide bonds. The monoisotopic (exact) mass is 145 g/mol. The van der Waals surface area contributed by atoms with Gasteiger partial charge in [0.2, 0.25) is 0 Å². The smallest absolute Gasteiger partial charge is 0.157 e. The minimum atomic E-state index is -0.447. The zero-order chi connectivity index (χ0) is 7.42. The first-order valence-corrected chi connectivity index (χ1v) is 3.65. The van der Waals surface area contributed by atoms with Gasteiger partial charge in [0.25, 0.3) is 0 Å². The number of aliphatic hydroxyl groups is 1. The van der Waals surface area contributed by atoms with E-state index in [0.717, 1.165) is 11.1 Å². The highest BCUT2D eigenvalue weighted by atomic mass is 16.3. The van der Waals surface area contributed by atoms with E-state index < -0.39 is 6.23 Å². The van der Waals surface area contributed by atoms with E-state index in [9.17, 15) is 5.11 Å². The summed E-state index contributed by atoms with van der Waals surface area (Å²) in [5.41, 5.74) is 2.13. The van der Waals surface area contributed by atoms with Gasteiger partial charge in [-0.1, -0.05) is 12.1 Å². The molecule has 11 heavy (non-hydrogen) atoms. The summed E-state index contributed by atoms with van der Waals surface area (Å²) in [7, 11) is 0. The Hall–Kier alpha value is -1.28. The first kappa shape index (κ1) is 5.38. The summed E-state index contributed by atoms with van der Waals surface area (Å²) in [6, 6.07) is 8.05. The van der Waals surface area contributed by atoms with Gasteiger partial charge in [-0.15, -0.1) is 0 Å². The molecule has 0 saturated carbocycles. The van der Waals surface area contributed by atoms with Gasteiger partial charge in [-0.05, 0) is 17.5 Å². The van der Waals surface area contributed by atoms with Crippen LogP contribution < -0.4 is 0 Å². The first-order chi connectivity index (χ1) is 5.36. The molecule has 2 heterocycles. The van der Waals surface area contributed by atoms with Crippen molar-refractivity contribution in [3.05, 3.63) is 36.0 Å². The third kappa shape index (κ3) is 0.477. The molecule has 1 aliphatic rings. The summed E-state index contributed by atoms with van der Waals surface area (Å²) in [6.07, 6.45) is 1.47. The van der Waals surface area contributed by atoms with Crippen molar-refractivity contribution in [3.63, 3.8) is 0 Å². The molecule has 2 aromatic rings. The molecule has 1 aromatic heterocycles. The van der Waals surface area contributed by atoms with E-state index in [4.69, 9.17) is 0 Å². The second kappa shape index (κ2) is 1.48.